The lowest BCUT2D eigenvalue weighted by atomic mass is 9.95. The molecule has 0 radical (unpaired) electrons. The minimum Gasteiger partial charge on any atom is -0.497 e. The molecule has 1 unspecified atom stereocenters. The van der Waals surface area contributed by atoms with E-state index < -0.39 is 11.6 Å². The van der Waals surface area contributed by atoms with Gasteiger partial charge in [0.15, 0.2) is 0 Å². The average Bonchev–Trinajstić information content (AvgIpc) is 2.22. The number of hydrogen-bond donors (Lipinski definition) is 1. The van der Waals surface area contributed by atoms with E-state index in [0.717, 1.165) is 0 Å². The Bertz CT molecular complexity index is 343. The molecule has 1 aromatic carbocycles. The maximum Gasteiger partial charge on any atom is 0.134 e. The third kappa shape index (κ3) is 2.50. The molecule has 0 spiro atoms. The molecular formula is C12H17F2NO. The zero-order chi connectivity index (χ0) is 12.3. The Hall–Kier alpha value is -1.16. The van der Waals surface area contributed by atoms with Crippen LogP contribution in [0.3, 0.4) is 0 Å². The summed E-state index contributed by atoms with van der Waals surface area (Å²) in [6, 6.07) is 2.06. The van der Waals surface area contributed by atoms with Crippen LogP contribution < -0.4 is 10.1 Å². The second-order valence-corrected chi connectivity index (χ2v) is 4.02. The number of hydrogen-bond acceptors (Lipinski definition) is 2. The van der Waals surface area contributed by atoms with Crippen molar-refractivity contribution >= 4 is 0 Å². The van der Waals surface area contributed by atoms with Crippen LogP contribution in [-0.4, -0.2) is 14.2 Å². The zero-order valence-electron chi connectivity index (χ0n) is 9.97. The van der Waals surface area contributed by atoms with Crippen LogP contribution in [0, 0.1) is 17.6 Å². The van der Waals surface area contributed by atoms with E-state index in [4.69, 9.17) is 4.74 Å². The highest BCUT2D eigenvalue weighted by Crippen LogP contribution is 2.29. The second kappa shape index (κ2) is 5.25. The van der Waals surface area contributed by atoms with E-state index in [1.807, 2.05) is 13.8 Å². The van der Waals surface area contributed by atoms with Crippen molar-refractivity contribution in [3.63, 3.8) is 0 Å². The molecule has 0 heterocycles. The largest absolute Gasteiger partial charge is 0.497 e. The number of halogens is 2. The van der Waals surface area contributed by atoms with Gasteiger partial charge in [0.05, 0.1) is 7.11 Å². The first-order valence-electron chi connectivity index (χ1n) is 5.21. The van der Waals surface area contributed by atoms with Gasteiger partial charge in [-0.05, 0) is 13.0 Å². The van der Waals surface area contributed by atoms with Crippen molar-refractivity contribution in [1.29, 1.82) is 0 Å². The van der Waals surface area contributed by atoms with Crippen LogP contribution in [0.2, 0.25) is 0 Å². The molecule has 0 bridgehead atoms. The van der Waals surface area contributed by atoms with Crippen LogP contribution in [0.5, 0.6) is 5.75 Å². The molecule has 2 nitrogen and oxygen atoms in total. The second-order valence-electron chi connectivity index (χ2n) is 4.02. The molecule has 1 N–H and O–H groups in total. The van der Waals surface area contributed by atoms with Gasteiger partial charge in [-0.1, -0.05) is 13.8 Å². The van der Waals surface area contributed by atoms with E-state index >= 15 is 0 Å². The fourth-order valence-electron chi connectivity index (χ4n) is 1.79. The van der Waals surface area contributed by atoms with E-state index in [2.05, 4.69) is 5.32 Å². The fraction of sp³-hybridized carbons (Fsp3) is 0.500. The van der Waals surface area contributed by atoms with E-state index in [1.165, 1.54) is 19.2 Å². The van der Waals surface area contributed by atoms with Gasteiger partial charge in [-0.2, -0.15) is 0 Å². The van der Waals surface area contributed by atoms with Crippen molar-refractivity contribution in [2.45, 2.75) is 19.9 Å². The Morgan fingerprint density at radius 3 is 2.00 bits per heavy atom. The first-order chi connectivity index (χ1) is 7.51. The van der Waals surface area contributed by atoms with Crippen molar-refractivity contribution < 1.29 is 13.5 Å². The standard InChI is InChI=1S/C12H17F2NO/c1-7(2)12(15-3)11-9(13)5-8(16-4)6-10(11)14/h5-7,12,15H,1-4H3. The zero-order valence-corrected chi connectivity index (χ0v) is 9.97. The normalized spacial score (nSPS) is 12.9. The van der Waals surface area contributed by atoms with E-state index in [9.17, 15) is 8.78 Å². The molecule has 0 amide bonds. The molecule has 0 saturated heterocycles. The molecule has 0 fully saturated rings. The maximum absolute atomic E-state index is 13.7. The average molecular weight is 229 g/mol. The summed E-state index contributed by atoms with van der Waals surface area (Å²) in [5, 5.41) is 2.92. The Kier molecular flexibility index (Phi) is 4.24. The maximum atomic E-state index is 13.7. The monoisotopic (exact) mass is 229 g/mol. The highest BCUT2D eigenvalue weighted by molar-refractivity contribution is 5.32. The van der Waals surface area contributed by atoms with E-state index in [-0.39, 0.29) is 23.3 Å². The first kappa shape index (κ1) is 12.9. The topological polar surface area (TPSA) is 21.3 Å². The Balaban J connectivity index is 3.22. The van der Waals surface area contributed by atoms with Crippen LogP contribution in [0.4, 0.5) is 8.78 Å². The van der Waals surface area contributed by atoms with Crippen LogP contribution in [-0.2, 0) is 0 Å². The Labute approximate surface area is 94.6 Å². The van der Waals surface area contributed by atoms with Crippen molar-refractivity contribution in [3.8, 4) is 5.75 Å². The van der Waals surface area contributed by atoms with Crippen molar-refractivity contribution in [1.82, 2.24) is 5.32 Å². The minimum atomic E-state index is -0.579. The van der Waals surface area contributed by atoms with Gasteiger partial charge in [0, 0.05) is 23.7 Å². The van der Waals surface area contributed by atoms with Crippen LogP contribution >= 0.6 is 0 Å². The number of ether oxygens (including phenoxy) is 1. The van der Waals surface area contributed by atoms with Gasteiger partial charge < -0.3 is 10.1 Å². The number of methoxy groups -OCH3 is 1. The summed E-state index contributed by atoms with van der Waals surface area (Å²) in [5.41, 5.74) is 0.0679. The summed E-state index contributed by atoms with van der Waals surface area (Å²) in [4.78, 5) is 0. The first-order valence-corrected chi connectivity index (χ1v) is 5.21. The van der Waals surface area contributed by atoms with Crippen LogP contribution in [0.1, 0.15) is 25.5 Å². The minimum absolute atomic E-state index is 0.0679. The van der Waals surface area contributed by atoms with Gasteiger partial charge in [-0.25, -0.2) is 8.78 Å². The lowest BCUT2D eigenvalue weighted by Crippen LogP contribution is -2.24. The fourth-order valence-corrected chi connectivity index (χ4v) is 1.79. The van der Waals surface area contributed by atoms with Gasteiger partial charge in [-0.3, -0.25) is 0 Å². The molecular weight excluding hydrogens is 212 g/mol. The molecule has 1 atom stereocenters. The molecule has 1 aromatic rings. The summed E-state index contributed by atoms with van der Waals surface area (Å²) in [6.45, 7) is 3.81. The van der Waals surface area contributed by atoms with Crippen LogP contribution in [0.25, 0.3) is 0 Å². The number of rotatable bonds is 4. The molecule has 0 aliphatic heterocycles. The highest BCUT2D eigenvalue weighted by Gasteiger charge is 2.22. The van der Waals surface area contributed by atoms with Crippen LogP contribution in [0.15, 0.2) is 12.1 Å². The SMILES string of the molecule is CNC(c1c(F)cc(OC)cc1F)C(C)C. The smallest absolute Gasteiger partial charge is 0.134 e. The predicted octanol–water partition coefficient (Wildman–Crippen LogP) is 2.89. The third-order valence-corrected chi connectivity index (χ3v) is 2.58. The van der Waals surface area contributed by atoms with Crippen molar-refractivity contribution in [2.24, 2.45) is 5.92 Å². The molecule has 0 aliphatic carbocycles. The van der Waals surface area contributed by atoms with E-state index in [1.54, 1.807) is 7.05 Å². The Morgan fingerprint density at radius 1 is 1.19 bits per heavy atom. The van der Waals surface area contributed by atoms with Crippen molar-refractivity contribution in [3.05, 3.63) is 29.3 Å². The lowest BCUT2D eigenvalue weighted by Gasteiger charge is -2.22. The molecule has 0 saturated carbocycles. The van der Waals surface area contributed by atoms with Gasteiger partial charge in [0.2, 0.25) is 0 Å². The van der Waals surface area contributed by atoms with Gasteiger partial charge in [0.25, 0.3) is 0 Å². The summed E-state index contributed by atoms with van der Waals surface area (Å²) in [5.74, 6) is -0.866. The van der Waals surface area contributed by atoms with Gasteiger partial charge >= 0.3 is 0 Å². The number of benzene rings is 1. The summed E-state index contributed by atoms with van der Waals surface area (Å²) in [7, 11) is 3.07. The van der Waals surface area contributed by atoms with E-state index in [0.29, 0.717) is 0 Å². The summed E-state index contributed by atoms with van der Waals surface area (Å²) in [6.07, 6.45) is 0. The highest BCUT2D eigenvalue weighted by atomic mass is 19.1. The molecule has 90 valence electrons. The molecule has 0 aliphatic rings. The lowest BCUT2D eigenvalue weighted by molar-refractivity contribution is 0.385. The van der Waals surface area contributed by atoms with Crippen molar-refractivity contribution in [2.75, 3.05) is 14.2 Å². The Morgan fingerprint density at radius 2 is 1.69 bits per heavy atom. The summed E-state index contributed by atoms with van der Waals surface area (Å²) < 4.78 is 32.3. The predicted molar refractivity (Wildman–Crippen MR) is 59.5 cm³/mol. The summed E-state index contributed by atoms with van der Waals surface area (Å²) >= 11 is 0. The van der Waals surface area contributed by atoms with Gasteiger partial charge in [0.1, 0.15) is 17.4 Å². The number of nitrogens with one attached hydrogen (secondary N) is 1. The molecule has 1 rings (SSSR count). The molecule has 0 aromatic heterocycles. The molecule has 16 heavy (non-hydrogen) atoms. The van der Waals surface area contributed by atoms with Gasteiger partial charge in [-0.15, -0.1) is 0 Å². The molecule has 4 heteroatoms. The third-order valence-electron chi connectivity index (χ3n) is 2.58. The quantitative estimate of drug-likeness (QED) is 0.857.